The van der Waals surface area contributed by atoms with Crippen molar-refractivity contribution in [1.29, 1.82) is 0 Å². The predicted octanol–water partition coefficient (Wildman–Crippen LogP) is 0.874. The summed E-state index contributed by atoms with van der Waals surface area (Å²) in [5, 5.41) is 2.70. The number of nitrogens with two attached hydrogens (primary N) is 1. The van der Waals surface area contributed by atoms with E-state index < -0.39 is 11.6 Å². The highest BCUT2D eigenvalue weighted by Gasteiger charge is 2.31. The van der Waals surface area contributed by atoms with Gasteiger partial charge in [0.05, 0.1) is 23.8 Å². The van der Waals surface area contributed by atoms with Crippen LogP contribution in [0.25, 0.3) is 0 Å². The maximum absolute atomic E-state index is 12.4. The number of para-hydroxylation sites is 1. The van der Waals surface area contributed by atoms with Crippen molar-refractivity contribution in [2.24, 2.45) is 5.73 Å². The first-order valence-corrected chi connectivity index (χ1v) is 6.25. The normalized spacial score (nSPS) is 19.1. The van der Waals surface area contributed by atoms with Crippen molar-refractivity contribution in [2.45, 2.75) is 31.8 Å². The minimum absolute atomic E-state index is 0.134. The van der Waals surface area contributed by atoms with Gasteiger partial charge in [0.1, 0.15) is 5.75 Å². The van der Waals surface area contributed by atoms with E-state index in [4.69, 9.17) is 10.5 Å². The number of ether oxygens (including phenoxy) is 1. The highest BCUT2D eigenvalue weighted by molar-refractivity contribution is 6.04. The number of fused-ring (bicyclic) bond motifs is 1. The number of benzene rings is 1. The first-order valence-electron chi connectivity index (χ1n) is 6.25. The molecule has 1 amide bonds. The fourth-order valence-electron chi connectivity index (χ4n) is 1.88. The lowest BCUT2D eigenvalue weighted by atomic mass is 10.00. The van der Waals surface area contributed by atoms with Crippen LogP contribution < -0.4 is 15.8 Å². The molecule has 1 unspecified atom stereocenters. The first kappa shape index (κ1) is 13.5. The van der Waals surface area contributed by atoms with Crippen LogP contribution in [0.15, 0.2) is 24.3 Å². The fraction of sp³-hybridized carbons (Fsp3) is 0.429. The van der Waals surface area contributed by atoms with Gasteiger partial charge >= 0.3 is 0 Å². The number of Topliss-reactive ketones (excluding diaryl/α,β-unsaturated/α-hetero) is 1. The van der Waals surface area contributed by atoms with Crippen molar-refractivity contribution in [1.82, 2.24) is 5.32 Å². The van der Waals surface area contributed by atoms with Crippen LogP contribution in [0.1, 0.15) is 30.6 Å². The molecule has 3 N–H and O–H groups in total. The highest BCUT2D eigenvalue weighted by atomic mass is 16.5. The van der Waals surface area contributed by atoms with Gasteiger partial charge < -0.3 is 15.8 Å². The van der Waals surface area contributed by atoms with Gasteiger partial charge in [-0.1, -0.05) is 12.1 Å². The molecule has 1 aliphatic heterocycles. The summed E-state index contributed by atoms with van der Waals surface area (Å²) in [6, 6.07) is 6.46. The van der Waals surface area contributed by atoms with E-state index in [0.717, 1.165) is 0 Å². The Morgan fingerprint density at radius 2 is 2.11 bits per heavy atom. The summed E-state index contributed by atoms with van der Waals surface area (Å²) in [4.78, 5) is 24.2. The molecular weight excluding hydrogens is 244 g/mol. The molecule has 0 bridgehead atoms. The van der Waals surface area contributed by atoms with Gasteiger partial charge in [0.25, 0.3) is 0 Å². The summed E-state index contributed by atoms with van der Waals surface area (Å²) in [6.45, 7) is 3.60. The number of carbonyl (C=O) groups is 2. The second-order valence-corrected chi connectivity index (χ2v) is 5.25. The number of hydrogen-bond donors (Lipinski definition) is 2. The molecule has 1 aromatic carbocycles. The summed E-state index contributed by atoms with van der Waals surface area (Å²) in [7, 11) is 0. The van der Waals surface area contributed by atoms with E-state index in [0.29, 0.717) is 24.3 Å². The summed E-state index contributed by atoms with van der Waals surface area (Å²) in [5.41, 5.74) is 5.21. The number of nitrogens with one attached hydrogen (secondary N) is 1. The largest absolute Gasteiger partial charge is 0.493 e. The van der Waals surface area contributed by atoms with Crippen LogP contribution in [0, 0.1) is 0 Å². The van der Waals surface area contributed by atoms with Gasteiger partial charge in [-0.3, -0.25) is 9.59 Å². The maximum Gasteiger partial charge on any atom is 0.240 e. The molecule has 0 aromatic heterocycles. The molecule has 1 aromatic rings. The maximum atomic E-state index is 12.4. The van der Waals surface area contributed by atoms with E-state index in [1.807, 2.05) is 6.07 Å². The molecule has 0 spiro atoms. The van der Waals surface area contributed by atoms with Crippen molar-refractivity contribution < 1.29 is 14.3 Å². The van der Waals surface area contributed by atoms with Crippen LogP contribution in [-0.2, 0) is 4.79 Å². The molecule has 0 fully saturated rings. The van der Waals surface area contributed by atoms with Crippen LogP contribution >= 0.6 is 0 Å². The fourth-order valence-corrected chi connectivity index (χ4v) is 1.88. The van der Waals surface area contributed by atoms with E-state index in [1.165, 1.54) is 0 Å². The monoisotopic (exact) mass is 262 g/mol. The van der Waals surface area contributed by atoms with E-state index in [2.05, 4.69) is 5.32 Å². The molecule has 1 aliphatic rings. The molecule has 5 nitrogen and oxygen atoms in total. The van der Waals surface area contributed by atoms with Crippen LogP contribution in [0.5, 0.6) is 5.75 Å². The third-order valence-electron chi connectivity index (χ3n) is 3.02. The Kier molecular flexibility index (Phi) is 3.57. The SMILES string of the molecule is CC(C)(N)C(=O)NC1CCOc2ccccc2C1=O. The lowest BCUT2D eigenvalue weighted by molar-refractivity contribution is -0.125. The topological polar surface area (TPSA) is 81.4 Å². The Labute approximate surface area is 112 Å². The third-order valence-corrected chi connectivity index (χ3v) is 3.02. The molecule has 2 rings (SSSR count). The minimum atomic E-state index is -1.01. The minimum Gasteiger partial charge on any atom is -0.493 e. The number of hydrogen-bond acceptors (Lipinski definition) is 4. The second kappa shape index (κ2) is 5.01. The van der Waals surface area contributed by atoms with Gasteiger partial charge in [0.2, 0.25) is 5.91 Å². The Hall–Kier alpha value is -1.88. The molecule has 5 heteroatoms. The van der Waals surface area contributed by atoms with Gasteiger partial charge in [-0.15, -0.1) is 0 Å². The molecule has 0 saturated heterocycles. The molecule has 19 heavy (non-hydrogen) atoms. The van der Waals surface area contributed by atoms with Crippen molar-refractivity contribution >= 4 is 11.7 Å². The van der Waals surface area contributed by atoms with Gasteiger partial charge in [0, 0.05) is 6.42 Å². The van der Waals surface area contributed by atoms with Gasteiger partial charge in [-0.2, -0.15) is 0 Å². The van der Waals surface area contributed by atoms with Crippen LogP contribution in [-0.4, -0.2) is 29.9 Å². The Bertz CT molecular complexity index is 506. The Morgan fingerprint density at radius 3 is 2.79 bits per heavy atom. The molecule has 0 aliphatic carbocycles. The van der Waals surface area contributed by atoms with E-state index in [1.54, 1.807) is 32.0 Å². The van der Waals surface area contributed by atoms with Crippen molar-refractivity contribution in [3.63, 3.8) is 0 Å². The number of rotatable bonds is 2. The molecular formula is C14H18N2O3. The van der Waals surface area contributed by atoms with Crippen LogP contribution in [0.2, 0.25) is 0 Å². The molecule has 1 heterocycles. The van der Waals surface area contributed by atoms with Crippen LogP contribution in [0.3, 0.4) is 0 Å². The quantitative estimate of drug-likeness (QED) is 0.828. The summed E-state index contributed by atoms with van der Waals surface area (Å²) in [5.74, 6) is 0.0900. The highest BCUT2D eigenvalue weighted by Crippen LogP contribution is 2.23. The number of ketones is 1. The number of amides is 1. The summed E-state index contributed by atoms with van der Waals surface area (Å²) in [6.07, 6.45) is 0.440. The smallest absolute Gasteiger partial charge is 0.240 e. The van der Waals surface area contributed by atoms with E-state index >= 15 is 0 Å². The lowest BCUT2D eigenvalue weighted by Crippen LogP contribution is -2.54. The molecule has 102 valence electrons. The second-order valence-electron chi connectivity index (χ2n) is 5.25. The Morgan fingerprint density at radius 1 is 1.42 bits per heavy atom. The van der Waals surface area contributed by atoms with Gasteiger partial charge in [0.15, 0.2) is 5.78 Å². The molecule has 1 atom stereocenters. The zero-order valence-electron chi connectivity index (χ0n) is 11.1. The van der Waals surface area contributed by atoms with Crippen molar-refractivity contribution in [2.75, 3.05) is 6.61 Å². The van der Waals surface area contributed by atoms with Crippen LogP contribution in [0.4, 0.5) is 0 Å². The first-order chi connectivity index (χ1) is 8.89. The zero-order valence-corrected chi connectivity index (χ0v) is 11.1. The Balaban J connectivity index is 2.21. The summed E-state index contributed by atoms with van der Waals surface area (Å²) >= 11 is 0. The average Bonchev–Trinajstić information content (AvgIpc) is 2.50. The van der Waals surface area contributed by atoms with E-state index in [-0.39, 0.29) is 11.7 Å². The zero-order chi connectivity index (χ0) is 14.0. The van der Waals surface area contributed by atoms with Gasteiger partial charge in [-0.05, 0) is 26.0 Å². The average molecular weight is 262 g/mol. The standard InChI is InChI=1S/C14H18N2O3/c1-14(2,15)13(18)16-10-7-8-19-11-6-4-3-5-9(11)12(10)17/h3-6,10H,7-8,15H2,1-2H3,(H,16,18). The van der Waals surface area contributed by atoms with Crippen molar-refractivity contribution in [3.05, 3.63) is 29.8 Å². The molecule has 0 radical (unpaired) electrons. The van der Waals surface area contributed by atoms with Crippen molar-refractivity contribution in [3.8, 4) is 5.75 Å². The predicted molar refractivity (Wildman–Crippen MR) is 71.1 cm³/mol. The van der Waals surface area contributed by atoms with E-state index in [9.17, 15) is 9.59 Å². The van der Waals surface area contributed by atoms with Gasteiger partial charge in [-0.25, -0.2) is 0 Å². The summed E-state index contributed by atoms with van der Waals surface area (Å²) < 4.78 is 5.51. The number of carbonyl (C=O) groups excluding carboxylic acids is 2. The lowest BCUT2D eigenvalue weighted by Gasteiger charge is -2.22. The molecule has 0 saturated carbocycles. The third kappa shape index (κ3) is 2.93.